The minimum Gasteiger partial charge on any atom is -0.497 e. The lowest BCUT2D eigenvalue weighted by atomic mass is 10.1. The van der Waals surface area contributed by atoms with E-state index in [0.717, 1.165) is 24.4 Å². The number of ether oxygens (including phenoxy) is 1. The number of anilines is 1. The van der Waals surface area contributed by atoms with Gasteiger partial charge in [0.05, 0.1) is 19.0 Å². The fraction of sp³-hybridized carbons (Fsp3) is 0.312. The van der Waals surface area contributed by atoms with Crippen molar-refractivity contribution in [2.45, 2.75) is 12.5 Å². The van der Waals surface area contributed by atoms with Crippen LogP contribution in [0.3, 0.4) is 0 Å². The molecule has 1 atom stereocenters. The maximum absolute atomic E-state index is 12.8. The second-order valence-corrected chi connectivity index (χ2v) is 4.92. The van der Waals surface area contributed by atoms with Crippen LogP contribution in [0.4, 0.5) is 10.1 Å². The first-order valence-corrected chi connectivity index (χ1v) is 6.82. The van der Waals surface area contributed by atoms with Crippen molar-refractivity contribution < 1.29 is 9.13 Å². The van der Waals surface area contributed by atoms with Gasteiger partial charge in [-0.1, -0.05) is 0 Å². The molecule has 1 unspecified atom stereocenters. The molecular formula is C16H20FN3O. The molecule has 4 nitrogen and oxygen atoms in total. The number of benzene rings is 1. The number of nitrogens with zero attached hydrogens (tertiary/aromatic N) is 2. The molecule has 0 saturated heterocycles. The fourth-order valence-corrected chi connectivity index (χ4v) is 2.05. The summed E-state index contributed by atoms with van der Waals surface area (Å²) in [5, 5.41) is 0. The van der Waals surface area contributed by atoms with Crippen molar-refractivity contribution in [3.63, 3.8) is 0 Å². The minimum atomic E-state index is -0.346. The molecule has 0 fully saturated rings. The summed E-state index contributed by atoms with van der Waals surface area (Å²) in [4.78, 5) is 6.13. The highest BCUT2D eigenvalue weighted by Crippen LogP contribution is 2.19. The summed E-state index contributed by atoms with van der Waals surface area (Å²) < 4.78 is 18.0. The summed E-state index contributed by atoms with van der Waals surface area (Å²) in [6.07, 6.45) is 1.93. The van der Waals surface area contributed by atoms with Crippen LogP contribution in [-0.2, 0) is 0 Å². The zero-order chi connectivity index (χ0) is 15.2. The van der Waals surface area contributed by atoms with Crippen LogP contribution < -0.4 is 15.4 Å². The van der Waals surface area contributed by atoms with E-state index < -0.39 is 0 Å². The summed E-state index contributed by atoms with van der Waals surface area (Å²) in [6, 6.07) is 10.7. The van der Waals surface area contributed by atoms with Gasteiger partial charge < -0.3 is 15.4 Å². The largest absolute Gasteiger partial charge is 0.497 e. The van der Waals surface area contributed by atoms with E-state index in [9.17, 15) is 4.39 Å². The van der Waals surface area contributed by atoms with E-state index in [1.54, 1.807) is 13.2 Å². The quantitative estimate of drug-likeness (QED) is 0.888. The van der Waals surface area contributed by atoms with E-state index in [4.69, 9.17) is 10.5 Å². The molecule has 0 bridgehead atoms. The Bertz CT molecular complexity index is 557. The lowest BCUT2D eigenvalue weighted by Gasteiger charge is -2.21. The molecule has 0 radical (unpaired) electrons. The maximum atomic E-state index is 12.8. The van der Waals surface area contributed by atoms with Gasteiger partial charge in [0.15, 0.2) is 0 Å². The number of hydrogen-bond acceptors (Lipinski definition) is 4. The van der Waals surface area contributed by atoms with Crippen LogP contribution >= 0.6 is 0 Å². The molecule has 0 spiro atoms. The smallest absolute Gasteiger partial charge is 0.141 e. The topological polar surface area (TPSA) is 51.4 Å². The van der Waals surface area contributed by atoms with Crippen LogP contribution in [0.5, 0.6) is 5.75 Å². The molecule has 2 rings (SSSR count). The number of nitrogens with two attached hydrogens (primary N) is 1. The van der Waals surface area contributed by atoms with Crippen LogP contribution in [0.25, 0.3) is 0 Å². The molecular weight excluding hydrogens is 269 g/mol. The number of aromatic nitrogens is 1. The van der Waals surface area contributed by atoms with Crippen LogP contribution in [0.15, 0.2) is 42.6 Å². The Labute approximate surface area is 124 Å². The van der Waals surface area contributed by atoms with Crippen molar-refractivity contribution >= 4 is 5.69 Å². The Balaban J connectivity index is 1.90. The van der Waals surface area contributed by atoms with Gasteiger partial charge in [0.2, 0.25) is 0 Å². The molecule has 21 heavy (non-hydrogen) atoms. The molecule has 5 heteroatoms. The molecule has 1 aromatic carbocycles. The third-order valence-electron chi connectivity index (χ3n) is 3.42. The van der Waals surface area contributed by atoms with E-state index in [1.165, 1.54) is 12.3 Å². The van der Waals surface area contributed by atoms with Crippen LogP contribution in [0, 0.1) is 5.82 Å². The molecule has 0 amide bonds. The number of methoxy groups -OCH3 is 1. The Kier molecular flexibility index (Phi) is 5.11. The van der Waals surface area contributed by atoms with Crippen molar-refractivity contribution in [1.82, 2.24) is 4.98 Å². The van der Waals surface area contributed by atoms with Gasteiger partial charge in [-0.15, -0.1) is 0 Å². The lowest BCUT2D eigenvalue weighted by molar-refractivity contribution is 0.415. The lowest BCUT2D eigenvalue weighted by Crippen LogP contribution is -2.23. The van der Waals surface area contributed by atoms with E-state index in [1.807, 2.05) is 31.3 Å². The highest BCUT2D eigenvalue weighted by Gasteiger charge is 2.09. The summed E-state index contributed by atoms with van der Waals surface area (Å²) in [5.41, 5.74) is 7.89. The molecule has 0 aliphatic carbocycles. The van der Waals surface area contributed by atoms with Crippen molar-refractivity contribution in [3.8, 4) is 5.75 Å². The van der Waals surface area contributed by atoms with Gasteiger partial charge in [-0.3, -0.25) is 4.98 Å². The highest BCUT2D eigenvalue weighted by atomic mass is 19.1. The summed E-state index contributed by atoms with van der Waals surface area (Å²) in [7, 11) is 3.65. The molecule has 1 aromatic heterocycles. The molecule has 0 aliphatic heterocycles. The molecule has 0 aliphatic rings. The number of hydrogen-bond donors (Lipinski definition) is 1. The third-order valence-corrected chi connectivity index (χ3v) is 3.42. The average molecular weight is 289 g/mol. The SMILES string of the molecule is COc1ccc(N(C)CCC(N)c2ccc(F)cn2)cc1. The second kappa shape index (κ2) is 7.04. The monoisotopic (exact) mass is 289 g/mol. The van der Waals surface area contributed by atoms with Crippen LogP contribution in [-0.4, -0.2) is 25.7 Å². The second-order valence-electron chi connectivity index (χ2n) is 4.92. The van der Waals surface area contributed by atoms with Gasteiger partial charge in [-0.25, -0.2) is 4.39 Å². The summed E-state index contributed by atoms with van der Waals surface area (Å²) in [6.45, 7) is 0.784. The van der Waals surface area contributed by atoms with Gasteiger partial charge in [-0.2, -0.15) is 0 Å². The van der Waals surface area contributed by atoms with Crippen molar-refractivity contribution in [2.24, 2.45) is 5.73 Å². The normalized spacial score (nSPS) is 12.0. The Hall–Kier alpha value is -2.14. The van der Waals surface area contributed by atoms with Gasteiger partial charge in [-0.05, 0) is 42.8 Å². The molecule has 2 N–H and O–H groups in total. The third kappa shape index (κ3) is 4.16. The van der Waals surface area contributed by atoms with Crippen LogP contribution in [0.1, 0.15) is 18.2 Å². The van der Waals surface area contributed by atoms with E-state index >= 15 is 0 Å². The minimum absolute atomic E-state index is 0.203. The standard InChI is InChI=1S/C16H20FN3O/c1-20(13-4-6-14(21-2)7-5-13)10-9-15(18)16-8-3-12(17)11-19-16/h3-8,11,15H,9-10,18H2,1-2H3. The number of rotatable bonds is 6. The predicted octanol–water partition coefficient (Wildman–Crippen LogP) is 2.76. The van der Waals surface area contributed by atoms with Crippen molar-refractivity contribution in [2.75, 3.05) is 25.6 Å². The fourth-order valence-electron chi connectivity index (χ4n) is 2.05. The Morgan fingerprint density at radius 2 is 1.95 bits per heavy atom. The Morgan fingerprint density at radius 3 is 2.52 bits per heavy atom. The summed E-state index contributed by atoms with van der Waals surface area (Å²) >= 11 is 0. The number of pyridine rings is 1. The molecule has 2 aromatic rings. The molecule has 0 saturated carbocycles. The van der Waals surface area contributed by atoms with Gasteiger partial charge >= 0.3 is 0 Å². The van der Waals surface area contributed by atoms with Gasteiger partial charge in [0, 0.05) is 25.3 Å². The average Bonchev–Trinajstić information content (AvgIpc) is 2.53. The predicted molar refractivity (Wildman–Crippen MR) is 82.0 cm³/mol. The molecule has 1 heterocycles. The van der Waals surface area contributed by atoms with E-state index in [-0.39, 0.29) is 11.9 Å². The maximum Gasteiger partial charge on any atom is 0.141 e. The zero-order valence-electron chi connectivity index (χ0n) is 12.3. The molecule has 112 valence electrons. The van der Waals surface area contributed by atoms with Crippen LogP contribution in [0.2, 0.25) is 0 Å². The van der Waals surface area contributed by atoms with E-state index in [0.29, 0.717) is 5.69 Å². The first kappa shape index (κ1) is 15.3. The zero-order valence-corrected chi connectivity index (χ0v) is 12.3. The van der Waals surface area contributed by atoms with Crippen molar-refractivity contribution in [3.05, 3.63) is 54.1 Å². The first-order chi connectivity index (χ1) is 10.1. The van der Waals surface area contributed by atoms with Gasteiger partial charge in [0.1, 0.15) is 11.6 Å². The summed E-state index contributed by atoms with van der Waals surface area (Å²) in [5.74, 6) is 0.487. The Morgan fingerprint density at radius 1 is 1.24 bits per heavy atom. The van der Waals surface area contributed by atoms with Gasteiger partial charge in [0.25, 0.3) is 0 Å². The first-order valence-electron chi connectivity index (χ1n) is 6.82. The highest BCUT2D eigenvalue weighted by molar-refractivity contribution is 5.48. The number of halogens is 1. The van der Waals surface area contributed by atoms with Crippen molar-refractivity contribution in [1.29, 1.82) is 0 Å². The van der Waals surface area contributed by atoms with E-state index in [2.05, 4.69) is 9.88 Å².